The lowest BCUT2D eigenvalue weighted by molar-refractivity contribution is 0.240. The highest BCUT2D eigenvalue weighted by molar-refractivity contribution is 6.02. The SMILES string of the molecule is Cc1nnc(COc2ccc3c(N)c(-c4ccc(NC(=O)NC5CCC5)cc4)n(C4CCC4)c3c2)o1. The molecule has 0 aliphatic heterocycles. The number of urea groups is 1. The van der Waals surface area contributed by atoms with Gasteiger partial charge in [0.1, 0.15) is 5.75 Å². The van der Waals surface area contributed by atoms with E-state index in [0.717, 1.165) is 65.0 Å². The van der Waals surface area contributed by atoms with Gasteiger partial charge in [-0.15, -0.1) is 10.2 Å². The monoisotopic (exact) mass is 486 g/mol. The van der Waals surface area contributed by atoms with Gasteiger partial charge in [-0.25, -0.2) is 4.79 Å². The molecule has 2 saturated carbocycles. The number of hydrogen-bond donors (Lipinski definition) is 3. The predicted octanol–water partition coefficient (Wildman–Crippen LogP) is 5.56. The topological polar surface area (TPSA) is 120 Å². The second-order valence-corrected chi connectivity index (χ2v) is 9.70. The maximum Gasteiger partial charge on any atom is 0.319 e. The first-order valence-electron chi connectivity index (χ1n) is 12.6. The average molecular weight is 487 g/mol. The number of carbonyl (C=O) groups excluding carboxylic acids is 1. The minimum atomic E-state index is -0.154. The van der Waals surface area contributed by atoms with E-state index in [2.05, 4.69) is 25.4 Å². The van der Waals surface area contributed by atoms with Crippen molar-refractivity contribution >= 4 is 28.3 Å². The standard InChI is InChI=1S/C27H30N6O3/c1-16-31-32-24(36-16)15-35-21-12-13-22-23(14-21)33(20-6-3-7-20)26(25(22)28)17-8-10-19(11-9-17)30-27(34)29-18-4-2-5-18/h8-14,18,20H,2-7,15,28H2,1H3,(H2,29,30,34). The van der Waals surface area contributed by atoms with E-state index < -0.39 is 0 Å². The summed E-state index contributed by atoms with van der Waals surface area (Å²) in [7, 11) is 0. The molecule has 0 radical (unpaired) electrons. The molecule has 36 heavy (non-hydrogen) atoms. The van der Waals surface area contributed by atoms with Gasteiger partial charge in [-0.2, -0.15) is 0 Å². The quantitative estimate of drug-likeness (QED) is 0.315. The summed E-state index contributed by atoms with van der Waals surface area (Å²) in [6.07, 6.45) is 6.73. The number of aryl methyl sites for hydroxylation is 1. The third-order valence-electron chi connectivity index (χ3n) is 7.24. The van der Waals surface area contributed by atoms with Gasteiger partial charge in [-0.05, 0) is 62.8 Å². The van der Waals surface area contributed by atoms with E-state index in [0.29, 0.717) is 23.9 Å². The molecule has 2 amide bonds. The van der Waals surface area contributed by atoms with Gasteiger partial charge in [-0.3, -0.25) is 0 Å². The van der Waals surface area contributed by atoms with Crippen LogP contribution in [0, 0.1) is 6.92 Å². The fourth-order valence-corrected chi connectivity index (χ4v) is 4.88. The van der Waals surface area contributed by atoms with Crippen LogP contribution >= 0.6 is 0 Å². The molecule has 2 heterocycles. The lowest BCUT2D eigenvalue weighted by Gasteiger charge is -2.30. The van der Waals surface area contributed by atoms with E-state index in [1.807, 2.05) is 42.5 Å². The Hall–Kier alpha value is -4.01. The number of hydrogen-bond acceptors (Lipinski definition) is 6. The molecule has 0 saturated heterocycles. The van der Waals surface area contributed by atoms with Crippen LogP contribution in [-0.4, -0.2) is 26.8 Å². The summed E-state index contributed by atoms with van der Waals surface area (Å²) >= 11 is 0. The smallest absolute Gasteiger partial charge is 0.319 e. The molecule has 2 aromatic heterocycles. The van der Waals surface area contributed by atoms with Crippen LogP contribution in [-0.2, 0) is 6.61 Å². The van der Waals surface area contributed by atoms with Crippen molar-refractivity contribution in [2.75, 3.05) is 11.1 Å². The molecule has 0 unspecified atom stereocenters. The number of nitrogens with zero attached hydrogens (tertiary/aromatic N) is 3. The summed E-state index contributed by atoms with van der Waals surface area (Å²) in [5, 5.41) is 14.8. The minimum absolute atomic E-state index is 0.154. The third kappa shape index (κ3) is 4.25. The van der Waals surface area contributed by atoms with Crippen molar-refractivity contribution in [3.63, 3.8) is 0 Å². The van der Waals surface area contributed by atoms with Gasteiger partial charge in [0.2, 0.25) is 5.89 Å². The highest BCUT2D eigenvalue weighted by Crippen LogP contribution is 2.45. The van der Waals surface area contributed by atoms with Gasteiger partial charge in [0.25, 0.3) is 5.89 Å². The molecule has 2 aliphatic carbocycles. The number of carbonyl (C=O) groups is 1. The Bertz CT molecular complexity index is 1400. The summed E-state index contributed by atoms with van der Waals surface area (Å²) in [6, 6.07) is 14.4. The lowest BCUT2D eigenvalue weighted by Crippen LogP contribution is -2.41. The molecule has 9 nitrogen and oxygen atoms in total. The molecule has 4 N–H and O–H groups in total. The van der Waals surface area contributed by atoms with Crippen molar-refractivity contribution in [1.82, 2.24) is 20.1 Å². The number of fused-ring (bicyclic) bond motifs is 1. The molecule has 0 spiro atoms. The van der Waals surface area contributed by atoms with Crippen molar-refractivity contribution < 1.29 is 13.9 Å². The number of benzene rings is 2. The van der Waals surface area contributed by atoms with E-state index in [4.69, 9.17) is 14.9 Å². The second kappa shape index (κ2) is 9.22. The fraction of sp³-hybridized carbons (Fsp3) is 0.370. The number of rotatable bonds is 7. The van der Waals surface area contributed by atoms with Crippen LogP contribution in [0.4, 0.5) is 16.2 Å². The van der Waals surface area contributed by atoms with Gasteiger partial charge < -0.3 is 30.1 Å². The molecule has 2 aliphatic rings. The van der Waals surface area contributed by atoms with Gasteiger partial charge in [0.15, 0.2) is 6.61 Å². The maximum absolute atomic E-state index is 12.2. The first-order valence-corrected chi connectivity index (χ1v) is 12.6. The van der Waals surface area contributed by atoms with Gasteiger partial charge >= 0.3 is 6.03 Å². The van der Waals surface area contributed by atoms with Crippen LogP contribution in [0.2, 0.25) is 0 Å². The van der Waals surface area contributed by atoms with Crippen molar-refractivity contribution in [3.05, 3.63) is 54.2 Å². The molecular formula is C27H30N6O3. The summed E-state index contributed by atoms with van der Waals surface area (Å²) < 4.78 is 13.7. The molecule has 9 heteroatoms. The zero-order chi connectivity index (χ0) is 24.6. The van der Waals surface area contributed by atoms with Crippen LogP contribution in [0.25, 0.3) is 22.2 Å². The Morgan fingerprint density at radius 3 is 2.53 bits per heavy atom. The number of anilines is 2. The van der Waals surface area contributed by atoms with E-state index in [1.54, 1.807) is 6.92 Å². The maximum atomic E-state index is 12.2. The number of amides is 2. The summed E-state index contributed by atoms with van der Waals surface area (Å²) in [5.41, 5.74) is 11.3. The molecule has 186 valence electrons. The molecule has 6 rings (SSSR count). The predicted molar refractivity (Wildman–Crippen MR) is 138 cm³/mol. The number of ether oxygens (including phenoxy) is 1. The van der Waals surface area contributed by atoms with Crippen molar-refractivity contribution in [2.45, 2.75) is 64.1 Å². The van der Waals surface area contributed by atoms with Crippen LogP contribution in [0.5, 0.6) is 5.75 Å². The average Bonchev–Trinajstić information content (AvgIpc) is 3.35. The van der Waals surface area contributed by atoms with Crippen LogP contribution in [0.3, 0.4) is 0 Å². The van der Waals surface area contributed by atoms with Crippen molar-refractivity contribution in [1.29, 1.82) is 0 Å². The largest absolute Gasteiger partial charge is 0.484 e. The molecule has 2 aromatic carbocycles. The lowest BCUT2D eigenvalue weighted by atomic mass is 9.92. The Balaban J connectivity index is 1.28. The molecule has 4 aromatic rings. The minimum Gasteiger partial charge on any atom is -0.484 e. The summed E-state index contributed by atoms with van der Waals surface area (Å²) in [5.74, 6) is 1.68. The van der Waals surface area contributed by atoms with Crippen LogP contribution in [0.15, 0.2) is 46.9 Å². The number of nitrogens with one attached hydrogen (secondary N) is 2. The van der Waals surface area contributed by atoms with Crippen LogP contribution in [0.1, 0.15) is 56.3 Å². The Morgan fingerprint density at radius 2 is 1.89 bits per heavy atom. The summed E-state index contributed by atoms with van der Waals surface area (Å²) in [6.45, 7) is 1.96. The molecule has 0 atom stereocenters. The van der Waals surface area contributed by atoms with E-state index >= 15 is 0 Å². The van der Waals surface area contributed by atoms with Gasteiger partial charge in [0, 0.05) is 41.7 Å². The number of nitrogens with two attached hydrogens (primary N) is 1. The highest BCUT2D eigenvalue weighted by Gasteiger charge is 2.27. The number of nitrogen functional groups attached to an aromatic ring is 1. The normalized spacial score (nSPS) is 15.9. The van der Waals surface area contributed by atoms with Gasteiger partial charge in [-0.1, -0.05) is 12.1 Å². The zero-order valence-electron chi connectivity index (χ0n) is 20.3. The summed E-state index contributed by atoms with van der Waals surface area (Å²) in [4.78, 5) is 12.2. The number of aromatic nitrogens is 3. The molecule has 0 bridgehead atoms. The molecular weight excluding hydrogens is 456 g/mol. The van der Waals surface area contributed by atoms with Crippen LogP contribution < -0.4 is 21.1 Å². The first-order chi connectivity index (χ1) is 17.5. The van der Waals surface area contributed by atoms with Gasteiger partial charge in [0.05, 0.1) is 16.9 Å². The van der Waals surface area contributed by atoms with Crippen molar-refractivity contribution in [3.8, 4) is 17.0 Å². The second-order valence-electron chi connectivity index (χ2n) is 9.70. The Labute approximate surface area is 209 Å². The Kier molecular flexibility index (Phi) is 5.75. The zero-order valence-corrected chi connectivity index (χ0v) is 20.3. The molecule has 2 fully saturated rings. The third-order valence-corrected chi connectivity index (χ3v) is 7.24. The highest BCUT2D eigenvalue weighted by atomic mass is 16.5. The van der Waals surface area contributed by atoms with E-state index in [9.17, 15) is 4.79 Å². The first kappa shape index (κ1) is 22.5. The van der Waals surface area contributed by atoms with E-state index in [1.165, 1.54) is 12.8 Å². The fourth-order valence-electron chi connectivity index (χ4n) is 4.88. The Morgan fingerprint density at radius 1 is 1.11 bits per heavy atom. The van der Waals surface area contributed by atoms with E-state index in [-0.39, 0.29) is 12.6 Å². The van der Waals surface area contributed by atoms with Crippen molar-refractivity contribution in [2.24, 2.45) is 0 Å².